The first-order valence-electron chi connectivity index (χ1n) is 14.5. The zero-order valence-electron chi connectivity index (χ0n) is 22.6. The molecule has 0 amide bonds. The quantitative estimate of drug-likeness (QED) is 0.288. The minimum Gasteiger partial charge on any atom is -0.459 e. The van der Waals surface area contributed by atoms with Crippen molar-refractivity contribution >= 4 is 0 Å². The number of hydrogen-bond donors (Lipinski definition) is 0. The van der Waals surface area contributed by atoms with Gasteiger partial charge in [0.15, 0.2) is 23.2 Å². The minimum atomic E-state index is -0.656. The average molecular weight is 513 g/mol. The Morgan fingerprint density at radius 2 is 1.41 bits per heavy atom. The van der Waals surface area contributed by atoms with E-state index in [2.05, 4.69) is 20.4 Å². The lowest BCUT2D eigenvalue weighted by Gasteiger charge is -2.31. The number of hydrogen-bond acceptors (Lipinski definition) is 1. The van der Waals surface area contributed by atoms with Crippen LogP contribution in [0.4, 0.5) is 13.2 Å². The van der Waals surface area contributed by atoms with Gasteiger partial charge in [0.05, 0.1) is 0 Å². The molecule has 0 bridgehead atoms. The largest absolute Gasteiger partial charge is 0.459 e. The van der Waals surface area contributed by atoms with Gasteiger partial charge in [0, 0.05) is 5.92 Å². The number of halogens is 3. The minimum absolute atomic E-state index is 0.0116. The molecule has 2 aromatic carbocycles. The monoisotopic (exact) mass is 512 g/mol. The molecule has 37 heavy (non-hydrogen) atoms. The second-order valence-corrected chi connectivity index (χ2v) is 11.4. The molecular formula is C33H43F3O. The Morgan fingerprint density at radius 1 is 0.811 bits per heavy atom. The average Bonchev–Trinajstić information content (AvgIpc) is 2.91. The van der Waals surface area contributed by atoms with Gasteiger partial charge in [0.25, 0.3) is 0 Å². The molecular weight excluding hydrogens is 469 g/mol. The van der Waals surface area contributed by atoms with Crippen LogP contribution >= 0.6 is 0 Å². The normalized spacial score (nSPS) is 24.1. The van der Waals surface area contributed by atoms with Crippen LogP contribution in [-0.2, 0) is 6.42 Å². The first kappa shape index (κ1) is 27.8. The Morgan fingerprint density at radius 3 is 1.95 bits per heavy atom. The van der Waals surface area contributed by atoms with Crippen LogP contribution < -0.4 is 4.74 Å². The third kappa shape index (κ3) is 6.81. The molecule has 2 saturated carbocycles. The summed E-state index contributed by atoms with van der Waals surface area (Å²) in [6.07, 6.45) is 12.5. The molecule has 0 N–H and O–H groups in total. The summed E-state index contributed by atoms with van der Waals surface area (Å²) in [6, 6.07) is 8.83. The molecule has 202 valence electrons. The lowest BCUT2D eigenvalue weighted by atomic mass is 9.75. The Balaban J connectivity index is 1.33. The van der Waals surface area contributed by atoms with E-state index in [0.717, 1.165) is 82.1 Å². The number of ether oxygens (including phenoxy) is 1. The fourth-order valence-electron chi connectivity index (χ4n) is 6.49. The number of benzene rings is 2. The lowest BCUT2D eigenvalue weighted by molar-refractivity contribution is 0.266. The van der Waals surface area contributed by atoms with Gasteiger partial charge >= 0.3 is 0 Å². The van der Waals surface area contributed by atoms with Crippen LogP contribution in [0.3, 0.4) is 0 Å². The molecule has 4 heteroatoms. The summed E-state index contributed by atoms with van der Waals surface area (Å²) < 4.78 is 50.8. The molecule has 0 heterocycles. The van der Waals surface area contributed by atoms with E-state index in [0.29, 0.717) is 16.9 Å². The predicted molar refractivity (Wildman–Crippen MR) is 145 cm³/mol. The molecule has 2 fully saturated rings. The first-order valence-corrected chi connectivity index (χ1v) is 14.5. The summed E-state index contributed by atoms with van der Waals surface area (Å²) in [5.74, 6) is 0.0570. The van der Waals surface area contributed by atoms with Crippen molar-refractivity contribution in [3.05, 3.63) is 76.8 Å². The molecule has 0 unspecified atom stereocenters. The molecule has 0 aromatic heterocycles. The van der Waals surface area contributed by atoms with Gasteiger partial charge in [-0.3, -0.25) is 0 Å². The van der Waals surface area contributed by atoms with E-state index in [-0.39, 0.29) is 29.3 Å². The number of unbranched alkanes of at least 4 members (excludes halogenated alkanes) is 1. The van der Waals surface area contributed by atoms with Crippen LogP contribution in [0, 0.1) is 29.3 Å². The fourth-order valence-corrected chi connectivity index (χ4v) is 6.49. The molecule has 0 atom stereocenters. The van der Waals surface area contributed by atoms with Gasteiger partial charge in [0.1, 0.15) is 5.76 Å². The van der Waals surface area contributed by atoms with Gasteiger partial charge in [-0.2, -0.15) is 0 Å². The molecule has 0 aliphatic heterocycles. The molecule has 4 rings (SSSR count). The highest BCUT2D eigenvalue weighted by Crippen LogP contribution is 2.43. The van der Waals surface area contributed by atoms with Crippen LogP contribution in [0.25, 0.3) is 0 Å². The summed E-state index contributed by atoms with van der Waals surface area (Å²) in [6.45, 7) is 8.40. The highest BCUT2D eigenvalue weighted by atomic mass is 19.2. The third-order valence-electron chi connectivity index (χ3n) is 8.80. The van der Waals surface area contributed by atoms with Crippen LogP contribution in [0.5, 0.6) is 5.75 Å². The maximum absolute atomic E-state index is 15.2. The molecule has 0 radical (unpaired) electrons. The van der Waals surface area contributed by atoms with E-state index in [1.807, 2.05) is 18.2 Å². The molecule has 2 aliphatic carbocycles. The third-order valence-corrected chi connectivity index (χ3v) is 8.80. The molecule has 2 aromatic rings. The van der Waals surface area contributed by atoms with E-state index >= 15 is 8.78 Å². The van der Waals surface area contributed by atoms with E-state index in [1.165, 1.54) is 12.8 Å². The van der Waals surface area contributed by atoms with Crippen molar-refractivity contribution < 1.29 is 17.9 Å². The van der Waals surface area contributed by atoms with Crippen molar-refractivity contribution in [2.45, 2.75) is 109 Å². The second kappa shape index (κ2) is 13.0. The van der Waals surface area contributed by atoms with Gasteiger partial charge in [-0.25, -0.2) is 13.2 Å². The van der Waals surface area contributed by atoms with Crippen molar-refractivity contribution in [3.8, 4) is 5.75 Å². The topological polar surface area (TPSA) is 9.23 Å². The molecule has 2 aliphatic rings. The zero-order valence-corrected chi connectivity index (χ0v) is 22.6. The summed E-state index contributed by atoms with van der Waals surface area (Å²) in [5, 5.41) is 0. The van der Waals surface area contributed by atoms with Gasteiger partial charge in [0.2, 0.25) is 0 Å². The standard InChI is InChI=1S/C33H43F3O/c1-4-6-8-24-11-20-31(30(34)21-24)37-22(3)25-14-16-27(17-15-25)29-19-18-28(32(35)33(29)36)26-12-9-23(7-5-2)10-13-26/h11,18-21,23,25-27H,3-10,12-17H2,1-2H3. The van der Waals surface area contributed by atoms with Crippen LogP contribution in [0.15, 0.2) is 42.7 Å². The SMILES string of the molecule is C=C(Oc1ccc(CCCC)cc1F)C1CCC(c2ccc(C3CCC(CCC)CC3)c(F)c2F)CC1. The fraction of sp³-hybridized carbons (Fsp3) is 0.576. The second-order valence-electron chi connectivity index (χ2n) is 11.4. The molecule has 1 nitrogen and oxygen atoms in total. The van der Waals surface area contributed by atoms with Crippen molar-refractivity contribution in [1.29, 1.82) is 0 Å². The lowest BCUT2D eigenvalue weighted by Crippen LogP contribution is -2.19. The predicted octanol–water partition coefficient (Wildman–Crippen LogP) is 10.4. The van der Waals surface area contributed by atoms with E-state index < -0.39 is 11.6 Å². The van der Waals surface area contributed by atoms with Gasteiger partial charge in [-0.05, 0) is 111 Å². The maximum Gasteiger partial charge on any atom is 0.165 e. The Hall–Kier alpha value is -2.23. The summed E-state index contributed by atoms with van der Waals surface area (Å²) in [4.78, 5) is 0. The van der Waals surface area contributed by atoms with Crippen LogP contribution in [0.2, 0.25) is 0 Å². The Bertz CT molecular complexity index is 1050. The van der Waals surface area contributed by atoms with E-state index in [1.54, 1.807) is 12.1 Å². The highest BCUT2D eigenvalue weighted by molar-refractivity contribution is 5.33. The summed E-state index contributed by atoms with van der Waals surface area (Å²) in [5.41, 5.74) is 2.04. The van der Waals surface area contributed by atoms with Crippen LogP contribution in [-0.4, -0.2) is 0 Å². The highest BCUT2D eigenvalue weighted by Gasteiger charge is 2.30. The number of allylic oxidation sites excluding steroid dienone is 1. The smallest absolute Gasteiger partial charge is 0.165 e. The first-order chi connectivity index (χ1) is 17.9. The van der Waals surface area contributed by atoms with Crippen LogP contribution in [0.1, 0.15) is 119 Å². The molecule has 0 saturated heterocycles. The van der Waals surface area contributed by atoms with Crippen molar-refractivity contribution in [1.82, 2.24) is 0 Å². The van der Waals surface area contributed by atoms with E-state index in [4.69, 9.17) is 4.74 Å². The van der Waals surface area contributed by atoms with Crippen molar-refractivity contribution in [2.24, 2.45) is 11.8 Å². The van der Waals surface area contributed by atoms with Crippen molar-refractivity contribution in [3.63, 3.8) is 0 Å². The summed E-state index contributed by atoms with van der Waals surface area (Å²) >= 11 is 0. The van der Waals surface area contributed by atoms with E-state index in [9.17, 15) is 4.39 Å². The van der Waals surface area contributed by atoms with Gasteiger partial charge in [-0.1, -0.05) is 57.9 Å². The Labute approximate surface area is 221 Å². The number of aryl methyl sites for hydroxylation is 1. The number of rotatable bonds is 10. The Kier molecular flexibility index (Phi) is 9.78. The maximum atomic E-state index is 15.2. The molecule has 0 spiro atoms. The van der Waals surface area contributed by atoms with Crippen molar-refractivity contribution in [2.75, 3.05) is 0 Å². The zero-order chi connectivity index (χ0) is 26.4. The summed E-state index contributed by atoms with van der Waals surface area (Å²) in [7, 11) is 0. The van der Waals surface area contributed by atoms with Gasteiger partial charge in [-0.15, -0.1) is 0 Å². The van der Waals surface area contributed by atoms with Gasteiger partial charge < -0.3 is 4.74 Å².